The largest absolute Gasteiger partial charge is 0.301 e. The molecular formula is C13H25N3. The van der Waals surface area contributed by atoms with Gasteiger partial charge in [-0.2, -0.15) is 5.26 Å². The van der Waals surface area contributed by atoms with E-state index in [1.165, 1.54) is 25.7 Å². The fraction of sp³-hybridized carbons (Fsp3) is 0.923. The van der Waals surface area contributed by atoms with Gasteiger partial charge in [0.25, 0.3) is 0 Å². The van der Waals surface area contributed by atoms with Crippen LogP contribution in [-0.4, -0.2) is 36.6 Å². The van der Waals surface area contributed by atoms with E-state index in [-0.39, 0.29) is 0 Å². The summed E-state index contributed by atoms with van der Waals surface area (Å²) in [4.78, 5) is 2.36. The Balaban J connectivity index is 2.44. The fourth-order valence-electron chi connectivity index (χ4n) is 2.50. The van der Waals surface area contributed by atoms with E-state index in [2.05, 4.69) is 30.3 Å². The van der Waals surface area contributed by atoms with Crippen molar-refractivity contribution in [3.05, 3.63) is 0 Å². The average molecular weight is 223 g/mol. The molecule has 0 aromatic heterocycles. The molecule has 0 saturated heterocycles. The first-order valence-corrected chi connectivity index (χ1v) is 6.48. The molecule has 1 aliphatic carbocycles. The summed E-state index contributed by atoms with van der Waals surface area (Å²) in [7, 11) is 2.15. The fourth-order valence-corrected chi connectivity index (χ4v) is 2.50. The zero-order valence-electron chi connectivity index (χ0n) is 10.9. The molecule has 0 aliphatic heterocycles. The molecule has 1 N–H and O–H groups in total. The van der Waals surface area contributed by atoms with Gasteiger partial charge >= 0.3 is 0 Å². The van der Waals surface area contributed by atoms with Gasteiger partial charge in [-0.3, -0.25) is 5.32 Å². The molecular weight excluding hydrogens is 198 g/mol. The zero-order valence-corrected chi connectivity index (χ0v) is 10.9. The third-order valence-corrected chi connectivity index (χ3v) is 3.53. The molecule has 0 spiro atoms. The van der Waals surface area contributed by atoms with E-state index in [4.69, 9.17) is 0 Å². The van der Waals surface area contributed by atoms with Crippen molar-refractivity contribution in [3.63, 3.8) is 0 Å². The molecule has 0 bridgehead atoms. The number of hydrogen-bond acceptors (Lipinski definition) is 3. The van der Waals surface area contributed by atoms with Crippen molar-refractivity contribution in [2.75, 3.05) is 20.1 Å². The maximum absolute atomic E-state index is 9.26. The Morgan fingerprint density at radius 2 is 2.06 bits per heavy atom. The highest BCUT2D eigenvalue weighted by Gasteiger charge is 2.28. The van der Waals surface area contributed by atoms with E-state index in [1.54, 1.807) is 0 Å². The lowest BCUT2D eigenvalue weighted by atomic mass is 10.0. The summed E-state index contributed by atoms with van der Waals surface area (Å²) >= 11 is 0. The summed E-state index contributed by atoms with van der Waals surface area (Å²) in [5.41, 5.74) is -0.395. The normalized spacial score (nSPS) is 20.9. The van der Waals surface area contributed by atoms with Crippen molar-refractivity contribution in [1.82, 2.24) is 10.2 Å². The minimum absolute atomic E-state index is 0.395. The molecule has 1 unspecified atom stereocenters. The number of nitriles is 1. The van der Waals surface area contributed by atoms with Crippen molar-refractivity contribution in [3.8, 4) is 6.07 Å². The lowest BCUT2D eigenvalue weighted by Crippen LogP contribution is -2.51. The van der Waals surface area contributed by atoms with Gasteiger partial charge in [0.15, 0.2) is 0 Å². The van der Waals surface area contributed by atoms with Gasteiger partial charge in [-0.25, -0.2) is 0 Å². The third kappa shape index (κ3) is 3.77. The first-order valence-electron chi connectivity index (χ1n) is 6.48. The molecule has 92 valence electrons. The van der Waals surface area contributed by atoms with Crippen molar-refractivity contribution in [2.45, 2.75) is 57.5 Å². The summed E-state index contributed by atoms with van der Waals surface area (Å²) in [6, 6.07) is 3.11. The molecule has 0 radical (unpaired) electrons. The predicted octanol–water partition coefficient (Wildman–Crippen LogP) is 2.14. The molecule has 1 saturated carbocycles. The molecule has 0 amide bonds. The molecule has 3 heteroatoms. The van der Waals surface area contributed by atoms with E-state index < -0.39 is 5.54 Å². The van der Waals surface area contributed by atoms with Crippen LogP contribution in [0.5, 0.6) is 0 Å². The smallest absolute Gasteiger partial charge is 0.116 e. The minimum atomic E-state index is -0.395. The van der Waals surface area contributed by atoms with E-state index in [1.807, 2.05) is 6.92 Å². The molecule has 0 aromatic carbocycles. The highest BCUT2D eigenvalue weighted by Crippen LogP contribution is 2.23. The van der Waals surface area contributed by atoms with Crippen LogP contribution in [0.3, 0.4) is 0 Å². The SMILES string of the molecule is CCCNC(C)(C#N)CN(C)C1CCCC1. The van der Waals surface area contributed by atoms with Crippen LogP contribution in [0, 0.1) is 11.3 Å². The number of rotatable bonds is 6. The quantitative estimate of drug-likeness (QED) is 0.750. The number of nitrogens with one attached hydrogen (secondary N) is 1. The van der Waals surface area contributed by atoms with Crippen LogP contribution in [0.25, 0.3) is 0 Å². The second-order valence-electron chi connectivity index (χ2n) is 5.22. The summed E-state index contributed by atoms with van der Waals surface area (Å²) in [6.07, 6.45) is 6.36. The van der Waals surface area contributed by atoms with E-state index in [0.29, 0.717) is 6.04 Å². The first kappa shape index (κ1) is 13.5. The number of nitrogens with zero attached hydrogens (tertiary/aromatic N) is 2. The summed E-state index contributed by atoms with van der Waals surface area (Å²) in [5.74, 6) is 0. The van der Waals surface area contributed by atoms with Crippen molar-refractivity contribution < 1.29 is 0 Å². The van der Waals surface area contributed by atoms with Crippen LogP contribution >= 0.6 is 0 Å². The maximum Gasteiger partial charge on any atom is 0.116 e. The molecule has 1 fully saturated rings. The maximum atomic E-state index is 9.26. The molecule has 1 aliphatic rings. The Kier molecular flexibility index (Phi) is 5.24. The van der Waals surface area contributed by atoms with Crippen molar-refractivity contribution in [1.29, 1.82) is 5.26 Å². The van der Waals surface area contributed by atoms with Crippen LogP contribution < -0.4 is 5.32 Å². The molecule has 16 heavy (non-hydrogen) atoms. The second kappa shape index (κ2) is 6.22. The van der Waals surface area contributed by atoms with Gasteiger partial charge in [0.05, 0.1) is 6.07 Å². The van der Waals surface area contributed by atoms with Gasteiger partial charge in [0, 0.05) is 12.6 Å². The van der Waals surface area contributed by atoms with Crippen LogP contribution in [0.15, 0.2) is 0 Å². The zero-order chi connectivity index (χ0) is 12.0. The van der Waals surface area contributed by atoms with E-state index in [9.17, 15) is 5.26 Å². The van der Waals surface area contributed by atoms with Crippen molar-refractivity contribution in [2.24, 2.45) is 0 Å². The summed E-state index contributed by atoms with van der Waals surface area (Å²) in [5, 5.41) is 12.6. The Morgan fingerprint density at radius 1 is 1.44 bits per heavy atom. The monoisotopic (exact) mass is 223 g/mol. The Morgan fingerprint density at radius 3 is 2.56 bits per heavy atom. The topological polar surface area (TPSA) is 39.1 Å². The third-order valence-electron chi connectivity index (χ3n) is 3.53. The predicted molar refractivity (Wildman–Crippen MR) is 67.2 cm³/mol. The molecule has 0 aromatic rings. The molecule has 1 rings (SSSR count). The van der Waals surface area contributed by atoms with Gasteiger partial charge in [-0.05, 0) is 39.8 Å². The highest BCUT2D eigenvalue weighted by atomic mass is 15.2. The Bertz CT molecular complexity index is 240. The number of likely N-dealkylation sites (N-methyl/N-ethyl adjacent to an activating group) is 1. The second-order valence-corrected chi connectivity index (χ2v) is 5.22. The van der Waals surface area contributed by atoms with Crippen LogP contribution in [0.2, 0.25) is 0 Å². The van der Waals surface area contributed by atoms with Gasteiger partial charge in [-0.15, -0.1) is 0 Å². The van der Waals surface area contributed by atoms with E-state index in [0.717, 1.165) is 19.5 Å². The first-order chi connectivity index (χ1) is 7.61. The van der Waals surface area contributed by atoms with Crippen LogP contribution in [-0.2, 0) is 0 Å². The van der Waals surface area contributed by atoms with Gasteiger partial charge in [0.1, 0.15) is 5.54 Å². The summed E-state index contributed by atoms with van der Waals surface area (Å²) in [6.45, 7) is 5.89. The molecule has 0 heterocycles. The summed E-state index contributed by atoms with van der Waals surface area (Å²) < 4.78 is 0. The van der Waals surface area contributed by atoms with Crippen LogP contribution in [0.1, 0.15) is 46.0 Å². The minimum Gasteiger partial charge on any atom is -0.301 e. The highest BCUT2D eigenvalue weighted by molar-refractivity contribution is 5.06. The number of hydrogen-bond donors (Lipinski definition) is 1. The standard InChI is InChI=1S/C13H25N3/c1-4-9-15-13(2,10-14)11-16(3)12-7-5-6-8-12/h12,15H,4-9,11H2,1-3H3. The van der Waals surface area contributed by atoms with E-state index >= 15 is 0 Å². The molecule has 1 atom stereocenters. The molecule has 3 nitrogen and oxygen atoms in total. The van der Waals surface area contributed by atoms with Gasteiger partial charge in [0.2, 0.25) is 0 Å². The lowest BCUT2D eigenvalue weighted by Gasteiger charge is -2.32. The average Bonchev–Trinajstić information content (AvgIpc) is 2.80. The Labute approximate surface area is 99.8 Å². The van der Waals surface area contributed by atoms with Crippen LogP contribution in [0.4, 0.5) is 0 Å². The van der Waals surface area contributed by atoms with Crippen molar-refractivity contribution >= 4 is 0 Å². The van der Waals surface area contributed by atoms with Gasteiger partial charge in [-0.1, -0.05) is 19.8 Å². The van der Waals surface area contributed by atoms with Gasteiger partial charge < -0.3 is 4.90 Å². The lowest BCUT2D eigenvalue weighted by molar-refractivity contribution is 0.199. The Hall–Kier alpha value is -0.590.